The number of nitrogen functional groups attached to an aromatic ring is 1. The van der Waals surface area contributed by atoms with Gasteiger partial charge in [0.2, 0.25) is 10.0 Å². The third kappa shape index (κ3) is 2.90. The number of nitrogens with zero attached hydrogens (tertiary/aromatic N) is 1. The van der Waals surface area contributed by atoms with E-state index < -0.39 is 27.5 Å². The Hall–Kier alpha value is -1.28. The Labute approximate surface area is 115 Å². The van der Waals surface area contributed by atoms with Crippen LogP contribution in [0.5, 0.6) is 0 Å². The van der Waals surface area contributed by atoms with Crippen LogP contribution < -0.4 is 5.73 Å². The summed E-state index contributed by atoms with van der Waals surface area (Å²) < 4.78 is 64.1. The quantitative estimate of drug-likeness (QED) is 0.854. The summed E-state index contributed by atoms with van der Waals surface area (Å²) in [7, 11) is -3.88. The Morgan fingerprint density at radius 3 is 2.25 bits per heavy atom. The number of hydrogen-bond donors (Lipinski definition) is 1. The zero-order valence-electron chi connectivity index (χ0n) is 10.7. The molecular weight excluding hydrogens is 293 g/mol. The zero-order valence-corrected chi connectivity index (χ0v) is 11.5. The number of sulfonamides is 1. The van der Waals surface area contributed by atoms with Gasteiger partial charge < -0.3 is 5.73 Å². The number of benzene rings is 1. The maximum Gasteiger partial charge on any atom is 0.418 e. The Balaban J connectivity index is 2.42. The first kappa shape index (κ1) is 15.1. The minimum atomic E-state index is -4.67. The van der Waals surface area contributed by atoms with Crippen LogP contribution in [0.4, 0.5) is 18.9 Å². The molecule has 8 heteroatoms. The van der Waals surface area contributed by atoms with Gasteiger partial charge in [0.1, 0.15) is 0 Å². The van der Waals surface area contributed by atoms with Crippen molar-refractivity contribution >= 4 is 15.7 Å². The molecule has 112 valence electrons. The number of piperidine rings is 1. The van der Waals surface area contributed by atoms with E-state index in [1.165, 1.54) is 4.31 Å². The van der Waals surface area contributed by atoms with Crippen LogP contribution in [0.15, 0.2) is 23.1 Å². The molecule has 1 aromatic carbocycles. The van der Waals surface area contributed by atoms with Crippen molar-refractivity contribution in [1.29, 1.82) is 0 Å². The number of halogens is 3. The molecule has 1 aliphatic rings. The van der Waals surface area contributed by atoms with Gasteiger partial charge in [0.15, 0.2) is 0 Å². The lowest BCUT2D eigenvalue weighted by molar-refractivity contribution is -0.137. The van der Waals surface area contributed by atoms with E-state index in [1.807, 2.05) is 0 Å². The summed E-state index contributed by atoms with van der Waals surface area (Å²) in [4.78, 5) is -0.360. The van der Waals surface area contributed by atoms with Gasteiger partial charge in [0, 0.05) is 18.8 Å². The van der Waals surface area contributed by atoms with E-state index >= 15 is 0 Å². The van der Waals surface area contributed by atoms with Crippen molar-refractivity contribution in [2.45, 2.75) is 30.3 Å². The highest BCUT2D eigenvalue weighted by Gasteiger charge is 2.35. The number of anilines is 1. The monoisotopic (exact) mass is 308 g/mol. The lowest BCUT2D eigenvalue weighted by Crippen LogP contribution is -2.35. The second-order valence-corrected chi connectivity index (χ2v) is 6.65. The Kier molecular flexibility index (Phi) is 3.97. The highest BCUT2D eigenvalue weighted by atomic mass is 32.2. The average Bonchev–Trinajstić information content (AvgIpc) is 2.38. The SMILES string of the molecule is Nc1ccc(S(=O)(=O)N2CCCCC2)cc1C(F)(F)F. The summed E-state index contributed by atoms with van der Waals surface area (Å²) in [5.74, 6) is 0. The van der Waals surface area contributed by atoms with Crippen LogP contribution in [-0.4, -0.2) is 25.8 Å². The second kappa shape index (κ2) is 5.25. The largest absolute Gasteiger partial charge is 0.418 e. The van der Waals surface area contributed by atoms with Crippen LogP contribution >= 0.6 is 0 Å². The van der Waals surface area contributed by atoms with Gasteiger partial charge in [-0.25, -0.2) is 8.42 Å². The molecule has 2 rings (SSSR count). The molecule has 20 heavy (non-hydrogen) atoms. The summed E-state index contributed by atoms with van der Waals surface area (Å²) in [5.41, 5.74) is 3.68. The number of hydrogen-bond acceptors (Lipinski definition) is 3. The molecular formula is C12H15F3N2O2S. The fraction of sp³-hybridized carbons (Fsp3) is 0.500. The van der Waals surface area contributed by atoms with Crippen molar-refractivity contribution in [1.82, 2.24) is 4.31 Å². The van der Waals surface area contributed by atoms with Crippen molar-refractivity contribution in [3.63, 3.8) is 0 Å². The number of nitrogens with two attached hydrogens (primary N) is 1. The normalized spacial score (nSPS) is 18.1. The number of alkyl halides is 3. The molecule has 0 radical (unpaired) electrons. The first-order valence-electron chi connectivity index (χ1n) is 6.20. The molecule has 0 aromatic heterocycles. The molecule has 1 aliphatic heterocycles. The molecule has 1 aromatic rings. The smallest absolute Gasteiger partial charge is 0.398 e. The molecule has 1 fully saturated rings. The molecule has 0 bridgehead atoms. The zero-order chi connectivity index (χ0) is 15.0. The fourth-order valence-corrected chi connectivity index (χ4v) is 3.74. The van der Waals surface area contributed by atoms with Gasteiger partial charge in [0.25, 0.3) is 0 Å². The van der Waals surface area contributed by atoms with Gasteiger partial charge in [-0.1, -0.05) is 6.42 Å². The maximum absolute atomic E-state index is 12.8. The van der Waals surface area contributed by atoms with E-state index in [4.69, 9.17) is 5.73 Å². The van der Waals surface area contributed by atoms with Crippen LogP contribution in [0.1, 0.15) is 24.8 Å². The molecule has 0 atom stereocenters. The minimum absolute atomic E-state index is 0.341. The highest BCUT2D eigenvalue weighted by Crippen LogP contribution is 2.35. The summed E-state index contributed by atoms with van der Waals surface area (Å²) in [6.45, 7) is 0.683. The number of rotatable bonds is 2. The predicted molar refractivity (Wildman–Crippen MR) is 68.5 cm³/mol. The van der Waals surface area contributed by atoms with E-state index in [9.17, 15) is 21.6 Å². The minimum Gasteiger partial charge on any atom is -0.398 e. The summed E-state index contributed by atoms with van der Waals surface area (Å²) in [5, 5.41) is 0. The van der Waals surface area contributed by atoms with Crippen molar-refractivity contribution in [2.75, 3.05) is 18.8 Å². The summed E-state index contributed by atoms with van der Waals surface area (Å²) >= 11 is 0. The van der Waals surface area contributed by atoms with Crippen molar-refractivity contribution in [3.05, 3.63) is 23.8 Å². The van der Waals surface area contributed by atoms with Gasteiger partial charge in [-0.05, 0) is 31.0 Å². The van der Waals surface area contributed by atoms with Crippen molar-refractivity contribution in [3.8, 4) is 0 Å². The summed E-state index contributed by atoms with van der Waals surface area (Å²) in [6, 6.07) is 2.72. The van der Waals surface area contributed by atoms with Crippen LogP contribution in [0.25, 0.3) is 0 Å². The lowest BCUT2D eigenvalue weighted by atomic mass is 10.2. The lowest BCUT2D eigenvalue weighted by Gasteiger charge is -2.26. The topological polar surface area (TPSA) is 63.4 Å². The summed E-state index contributed by atoms with van der Waals surface area (Å²) in [6.07, 6.45) is -2.29. The van der Waals surface area contributed by atoms with E-state index in [2.05, 4.69) is 0 Å². The Bertz CT molecular complexity index is 593. The Morgan fingerprint density at radius 2 is 1.70 bits per heavy atom. The highest BCUT2D eigenvalue weighted by molar-refractivity contribution is 7.89. The molecule has 0 saturated carbocycles. The molecule has 0 unspecified atom stereocenters. The van der Waals surface area contributed by atoms with Crippen LogP contribution in [-0.2, 0) is 16.2 Å². The molecule has 2 N–H and O–H groups in total. The van der Waals surface area contributed by atoms with E-state index in [0.717, 1.165) is 31.4 Å². The third-order valence-corrected chi connectivity index (χ3v) is 5.18. The molecule has 1 saturated heterocycles. The first-order chi connectivity index (χ1) is 9.23. The molecule has 0 spiro atoms. The van der Waals surface area contributed by atoms with Gasteiger partial charge in [-0.2, -0.15) is 17.5 Å². The standard InChI is InChI=1S/C12H15F3N2O2S/c13-12(14,15)10-8-9(4-5-11(10)16)20(18,19)17-6-2-1-3-7-17/h4-5,8H,1-3,6-7,16H2. The predicted octanol–water partition coefficient (Wildman–Crippen LogP) is 2.46. The second-order valence-electron chi connectivity index (χ2n) is 4.71. The van der Waals surface area contributed by atoms with Crippen molar-refractivity contribution in [2.24, 2.45) is 0 Å². The average molecular weight is 308 g/mol. The van der Waals surface area contributed by atoms with Crippen molar-refractivity contribution < 1.29 is 21.6 Å². The fourth-order valence-electron chi connectivity index (χ4n) is 2.20. The first-order valence-corrected chi connectivity index (χ1v) is 7.64. The molecule has 0 aliphatic carbocycles. The van der Waals surface area contributed by atoms with Gasteiger partial charge >= 0.3 is 6.18 Å². The van der Waals surface area contributed by atoms with Crippen LogP contribution in [0, 0.1) is 0 Å². The molecule has 4 nitrogen and oxygen atoms in total. The van der Waals surface area contributed by atoms with Crippen LogP contribution in [0.3, 0.4) is 0 Å². The van der Waals surface area contributed by atoms with E-state index in [0.29, 0.717) is 19.2 Å². The third-order valence-electron chi connectivity index (χ3n) is 3.28. The molecule has 1 heterocycles. The van der Waals surface area contributed by atoms with Crippen LogP contribution in [0.2, 0.25) is 0 Å². The van der Waals surface area contributed by atoms with E-state index in [1.54, 1.807) is 0 Å². The van der Waals surface area contributed by atoms with Gasteiger partial charge in [0.05, 0.1) is 10.5 Å². The maximum atomic E-state index is 12.8. The molecule has 0 amide bonds. The van der Waals surface area contributed by atoms with E-state index in [-0.39, 0.29) is 4.90 Å². The Morgan fingerprint density at radius 1 is 1.10 bits per heavy atom. The van der Waals surface area contributed by atoms with Gasteiger partial charge in [-0.3, -0.25) is 0 Å². The van der Waals surface area contributed by atoms with Gasteiger partial charge in [-0.15, -0.1) is 0 Å².